The predicted octanol–water partition coefficient (Wildman–Crippen LogP) is 3.19. The van der Waals surface area contributed by atoms with E-state index < -0.39 is 40.8 Å². The number of carbonyl (C=O) groups is 1. The van der Waals surface area contributed by atoms with Crippen LogP contribution in [0.4, 0.5) is 37.7 Å². The number of nitrogens with one attached hydrogen (secondary N) is 1. The van der Waals surface area contributed by atoms with Crippen molar-refractivity contribution in [3.63, 3.8) is 0 Å². The lowest BCUT2D eigenvalue weighted by Gasteiger charge is -2.26. The number of nitrogens with two attached hydrogens (primary N) is 1. The van der Waals surface area contributed by atoms with Crippen LogP contribution in [0.3, 0.4) is 0 Å². The van der Waals surface area contributed by atoms with E-state index in [4.69, 9.17) is 5.73 Å². The van der Waals surface area contributed by atoms with Gasteiger partial charge in [0.25, 0.3) is 0 Å². The number of hydrogen-bond acceptors (Lipinski definition) is 2. The molecule has 20 heavy (non-hydrogen) atoms. The number of anilines is 2. The van der Waals surface area contributed by atoms with Crippen molar-refractivity contribution in [1.82, 2.24) is 0 Å². The molecule has 1 aliphatic heterocycles. The van der Waals surface area contributed by atoms with Crippen LogP contribution in [0.15, 0.2) is 6.07 Å². The third-order valence-corrected chi connectivity index (χ3v) is 2.89. The first-order valence-corrected chi connectivity index (χ1v) is 5.41. The average molecular weight is 298 g/mol. The molecule has 3 nitrogen and oxygen atoms in total. The van der Waals surface area contributed by atoms with Crippen LogP contribution in [-0.2, 0) is 23.6 Å². The summed E-state index contributed by atoms with van der Waals surface area (Å²) < 4.78 is 77.3. The van der Waals surface area contributed by atoms with E-state index in [0.29, 0.717) is 0 Å². The lowest BCUT2D eigenvalue weighted by molar-refractivity contribution is -0.161. The van der Waals surface area contributed by atoms with Gasteiger partial charge in [-0.3, -0.25) is 4.79 Å². The van der Waals surface area contributed by atoms with Gasteiger partial charge < -0.3 is 11.1 Å². The second-order valence-electron chi connectivity index (χ2n) is 4.29. The number of carbonyl (C=O) groups excluding carboxylic acids is 1. The van der Waals surface area contributed by atoms with Gasteiger partial charge in [0.15, 0.2) is 0 Å². The molecule has 1 aliphatic rings. The van der Waals surface area contributed by atoms with Gasteiger partial charge in [-0.15, -0.1) is 0 Å². The van der Waals surface area contributed by atoms with Gasteiger partial charge in [0.2, 0.25) is 5.91 Å². The topological polar surface area (TPSA) is 55.1 Å². The molecule has 9 heteroatoms. The Morgan fingerprint density at radius 2 is 1.55 bits per heavy atom. The molecule has 1 amide bonds. The summed E-state index contributed by atoms with van der Waals surface area (Å²) in [5, 5.41) is 1.86. The smallest absolute Gasteiger partial charge is 0.398 e. The fraction of sp³-hybridized carbons (Fsp3) is 0.364. The molecule has 110 valence electrons. The number of fused-ring (bicyclic) bond motifs is 1. The fourth-order valence-electron chi connectivity index (χ4n) is 2.14. The SMILES string of the molecule is Nc1cc2c(c(C(F)(F)F)c1C(F)(F)F)NC(=O)CC2. The summed E-state index contributed by atoms with van der Waals surface area (Å²) in [7, 11) is 0. The molecule has 0 saturated heterocycles. The fourth-order valence-corrected chi connectivity index (χ4v) is 2.14. The van der Waals surface area contributed by atoms with Crippen molar-refractivity contribution in [2.75, 3.05) is 11.1 Å². The van der Waals surface area contributed by atoms with Crippen LogP contribution in [0.5, 0.6) is 0 Å². The summed E-state index contributed by atoms with van der Waals surface area (Å²) in [6, 6.07) is 0.826. The monoisotopic (exact) mass is 298 g/mol. The molecular formula is C11H8F6N2O. The molecule has 0 unspecified atom stereocenters. The molecule has 0 radical (unpaired) electrons. The second kappa shape index (κ2) is 4.29. The number of rotatable bonds is 0. The summed E-state index contributed by atoms with van der Waals surface area (Å²) in [6.45, 7) is 0. The normalized spacial score (nSPS) is 15.8. The van der Waals surface area contributed by atoms with Crippen LogP contribution < -0.4 is 11.1 Å². The zero-order chi connectivity index (χ0) is 15.3. The maximum absolute atomic E-state index is 13.0. The Morgan fingerprint density at radius 1 is 1.00 bits per heavy atom. The minimum Gasteiger partial charge on any atom is -0.398 e. The number of halogens is 6. The molecule has 1 aromatic carbocycles. The summed E-state index contributed by atoms with van der Waals surface area (Å²) in [4.78, 5) is 11.2. The highest BCUT2D eigenvalue weighted by molar-refractivity contribution is 5.96. The average Bonchev–Trinajstić information content (AvgIpc) is 2.25. The molecule has 0 bridgehead atoms. The third-order valence-electron chi connectivity index (χ3n) is 2.89. The quantitative estimate of drug-likeness (QED) is 0.571. The molecule has 0 spiro atoms. The van der Waals surface area contributed by atoms with E-state index >= 15 is 0 Å². The van der Waals surface area contributed by atoms with Crippen molar-refractivity contribution in [3.8, 4) is 0 Å². The highest BCUT2D eigenvalue weighted by atomic mass is 19.4. The van der Waals surface area contributed by atoms with E-state index in [1.165, 1.54) is 0 Å². The predicted molar refractivity (Wildman–Crippen MR) is 57.8 cm³/mol. The van der Waals surface area contributed by atoms with Gasteiger partial charge in [0.05, 0.1) is 16.8 Å². The van der Waals surface area contributed by atoms with Crippen molar-refractivity contribution in [1.29, 1.82) is 0 Å². The lowest BCUT2D eigenvalue weighted by atomic mass is 9.93. The van der Waals surface area contributed by atoms with Crippen molar-refractivity contribution >= 4 is 17.3 Å². The summed E-state index contributed by atoms with van der Waals surface area (Å²) >= 11 is 0. The van der Waals surface area contributed by atoms with E-state index in [9.17, 15) is 31.1 Å². The molecule has 0 fully saturated rings. The number of aryl methyl sites for hydroxylation is 1. The molecule has 0 atom stereocenters. The van der Waals surface area contributed by atoms with E-state index in [2.05, 4.69) is 0 Å². The van der Waals surface area contributed by atoms with Crippen LogP contribution in [0.1, 0.15) is 23.1 Å². The summed E-state index contributed by atoms with van der Waals surface area (Å²) in [5.74, 6) is -0.763. The Balaban J connectivity index is 2.83. The highest BCUT2D eigenvalue weighted by Crippen LogP contribution is 2.48. The molecule has 0 aliphatic carbocycles. The van der Waals surface area contributed by atoms with E-state index in [1.807, 2.05) is 5.32 Å². The Labute approximate surface area is 108 Å². The van der Waals surface area contributed by atoms with Crippen LogP contribution in [0.2, 0.25) is 0 Å². The van der Waals surface area contributed by atoms with E-state index in [-0.39, 0.29) is 18.4 Å². The largest absolute Gasteiger partial charge is 0.419 e. The van der Waals surface area contributed by atoms with Crippen LogP contribution in [0.25, 0.3) is 0 Å². The van der Waals surface area contributed by atoms with Gasteiger partial charge in [0, 0.05) is 12.1 Å². The number of amides is 1. The van der Waals surface area contributed by atoms with Gasteiger partial charge >= 0.3 is 12.4 Å². The first-order chi connectivity index (χ1) is 9.01. The van der Waals surface area contributed by atoms with Gasteiger partial charge in [-0.1, -0.05) is 0 Å². The van der Waals surface area contributed by atoms with E-state index in [1.54, 1.807) is 0 Å². The second-order valence-corrected chi connectivity index (χ2v) is 4.29. The maximum Gasteiger partial charge on any atom is 0.419 e. The summed E-state index contributed by atoms with van der Waals surface area (Å²) in [6.07, 6.45) is -10.7. The highest BCUT2D eigenvalue weighted by Gasteiger charge is 2.48. The molecular weight excluding hydrogens is 290 g/mol. The van der Waals surface area contributed by atoms with Gasteiger partial charge in [-0.25, -0.2) is 0 Å². The number of alkyl halides is 6. The third kappa shape index (κ3) is 2.39. The Morgan fingerprint density at radius 3 is 2.05 bits per heavy atom. The minimum absolute atomic E-state index is 0.0533. The number of benzene rings is 1. The molecule has 0 aromatic heterocycles. The Hall–Kier alpha value is -1.93. The standard InChI is InChI=1S/C11H8F6N2O/c12-10(13,14)7-5(18)3-4-1-2-6(20)19-9(4)8(7)11(15,16)17/h3H,1-2,18H2,(H,19,20). The zero-order valence-corrected chi connectivity index (χ0v) is 9.74. The lowest BCUT2D eigenvalue weighted by Crippen LogP contribution is -2.27. The first kappa shape index (κ1) is 14.5. The Kier molecular flexibility index (Phi) is 3.10. The zero-order valence-electron chi connectivity index (χ0n) is 9.74. The Bertz CT molecular complexity index is 576. The van der Waals surface area contributed by atoms with Crippen molar-refractivity contribution < 1.29 is 31.1 Å². The number of nitrogen functional groups attached to an aromatic ring is 1. The number of hydrogen-bond donors (Lipinski definition) is 2. The van der Waals surface area contributed by atoms with Gasteiger partial charge in [-0.05, 0) is 18.1 Å². The van der Waals surface area contributed by atoms with Gasteiger partial charge in [0.1, 0.15) is 0 Å². The van der Waals surface area contributed by atoms with Crippen molar-refractivity contribution in [2.45, 2.75) is 25.2 Å². The summed E-state index contributed by atoms with van der Waals surface area (Å²) in [5.41, 5.74) is -0.679. The molecule has 1 aromatic rings. The minimum atomic E-state index is -5.28. The maximum atomic E-state index is 13.0. The van der Waals surface area contributed by atoms with Crippen LogP contribution in [0, 0.1) is 0 Å². The molecule has 0 saturated carbocycles. The van der Waals surface area contributed by atoms with Crippen LogP contribution >= 0.6 is 0 Å². The van der Waals surface area contributed by atoms with E-state index in [0.717, 1.165) is 6.07 Å². The van der Waals surface area contributed by atoms with Crippen molar-refractivity contribution in [2.24, 2.45) is 0 Å². The van der Waals surface area contributed by atoms with Gasteiger partial charge in [-0.2, -0.15) is 26.3 Å². The first-order valence-electron chi connectivity index (χ1n) is 5.41. The van der Waals surface area contributed by atoms with Crippen LogP contribution in [-0.4, -0.2) is 5.91 Å². The molecule has 2 rings (SSSR count). The molecule has 3 N–H and O–H groups in total. The van der Waals surface area contributed by atoms with Crippen molar-refractivity contribution in [3.05, 3.63) is 22.8 Å². The molecule has 1 heterocycles.